The minimum atomic E-state index is -0.286. The molecule has 1 aromatic heterocycles. The zero-order valence-corrected chi connectivity index (χ0v) is 9.52. The molecule has 1 rings (SSSR count). The van der Waals surface area contributed by atoms with Crippen LogP contribution in [0.2, 0.25) is 0 Å². The maximum atomic E-state index is 10.9. The summed E-state index contributed by atoms with van der Waals surface area (Å²) in [5.74, 6) is -0.286. The minimum Gasteiger partial charge on any atom is -0.469 e. The highest BCUT2D eigenvalue weighted by atomic mass is 79.9. The molecule has 0 aromatic carbocycles. The van der Waals surface area contributed by atoms with Crippen LogP contribution in [0.5, 0.6) is 0 Å². The van der Waals surface area contributed by atoms with Gasteiger partial charge in [0.1, 0.15) is 0 Å². The van der Waals surface area contributed by atoms with Gasteiger partial charge in [-0.2, -0.15) is 11.3 Å². The fraction of sp³-hybridized carbons (Fsp3) is 0.375. The number of hydrogen-bond donors (Lipinski definition) is 1. The summed E-state index contributed by atoms with van der Waals surface area (Å²) in [7, 11) is 1.36. The van der Waals surface area contributed by atoms with Gasteiger partial charge in [0.25, 0.3) is 0 Å². The average Bonchev–Trinajstić information content (AvgIpc) is 2.51. The van der Waals surface area contributed by atoms with Crippen molar-refractivity contribution >= 4 is 33.2 Å². The summed E-state index contributed by atoms with van der Waals surface area (Å²) < 4.78 is 5.48. The van der Waals surface area contributed by atoms with Gasteiger partial charge in [0, 0.05) is 15.9 Å². The minimum absolute atomic E-state index is 0.214. The molecular formula is C8H10BrNO2S. The molecule has 0 saturated heterocycles. The second kappa shape index (κ2) is 4.74. The van der Waals surface area contributed by atoms with Gasteiger partial charge in [0.2, 0.25) is 0 Å². The molecule has 0 fully saturated rings. The van der Waals surface area contributed by atoms with Crippen LogP contribution < -0.4 is 5.73 Å². The molecule has 0 aliphatic rings. The lowest BCUT2D eigenvalue weighted by atomic mass is 10.1. The Balaban J connectivity index is 2.63. The van der Waals surface area contributed by atoms with Crippen molar-refractivity contribution in [1.82, 2.24) is 0 Å². The van der Waals surface area contributed by atoms with E-state index in [0.29, 0.717) is 0 Å². The molecule has 1 atom stereocenters. The van der Waals surface area contributed by atoms with Crippen LogP contribution in [0.1, 0.15) is 18.0 Å². The Morgan fingerprint density at radius 2 is 2.46 bits per heavy atom. The third-order valence-electron chi connectivity index (χ3n) is 1.66. The van der Waals surface area contributed by atoms with Gasteiger partial charge in [-0.15, -0.1) is 0 Å². The summed E-state index contributed by atoms with van der Waals surface area (Å²) in [6.07, 6.45) is 0.214. The van der Waals surface area contributed by atoms with Crippen LogP contribution in [0.4, 0.5) is 0 Å². The number of carbonyl (C=O) groups excluding carboxylic acids is 1. The monoisotopic (exact) mass is 263 g/mol. The van der Waals surface area contributed by atoms with Gasteiger partial charge in [0.15, 0.2) is 0 Å². The second-order valence-corrected chi connectivity index (χ2v) is 4.16. The van der Waals surface area contributed by atoms with Crippen LogP contribution in [0.3, 0.4) is 0 Å². The lowest BCUT2D eigenvalue weighted by Gasteiger charge is -2.08. The Morgan fingerprint density at radius 3 is 2.92 bits per heavy atom. The number of nitrogens with two attached hydrogens (primary N) is 1. The first-order chi connectivity index (χ1) is 6.15. The highest BCUT2D eigenvalue weighted by molar-refractivity contribution is 9.10. The Bertz CT molecular complexity index is 300. The molecule has 0 bridgehead atoms. The Hall–Kier alpha value is -0.390. The molecule has 0 amide bonds. The molecule has 5 heteroatoms. The zero-order chi connectivity index (χ0) is 9.84. The molecule has 0 saturated carbocycles. The Kier molecular flexibility index (Phi) is 3.90. The van der Waals surface area contributed by atoms with Crippen LogP contribution in [0.25, 0.3) is 0 Å². The van der Waals surface area contributed by atoms with Gasteiger partial charge in [-0.05, 0) is 26.9 Å². The molecule has 0 aliphatic heterocycles. The summed E-state index contributed by atoms with van der Waals surface area (Å²) >= 11 is 4.91. The first kappa shape index (κ1) is 10.7. The molecule has 0 aliphatic carbocycles. The molecule has 1 aromatic rings. The number of thiophene rings is 1. The number of carbonyl (C=O) groups is 1. The van der Waals surface area contributed by atoms with Gasteiger partial charge < -0.3 is 10.5 Å². The SMILES string of the molecule is COC(=O)CC(N)c1cscc1Br. The van der Waals surface area contributed by atoms with Gasteiger partial charge in [0.05, 0.1) is 13.5 Å². The smallest absolute Gasteiger partial charge is 0.307 e. The molecule has 72 valence electrons. The highest BCUT2D eigenvalue weighted by Gasteiger charge is 2.14. The van der Waals surface area contributed by atoms with E-state index in [1.807, 2.05) is 10.8 Å². The summed E-state index contributed by atoms with van der Waals surface area (Å²) in [6.45, 7) is 0. The van der Waals surface area contributed by atoms with Crippen molar-refractivity contribution in [2.45, 2.75) is 12.5 Å². The van der Waals surface area contributed by atoms with Gasteiger partial charge in [-0.25, -0.2) is 0 Å². The second-order valence-electron chi connectivity index (χ2n) is 2.56. The van der Waals surface area contributed by atoms with Crippen LogP contribution in [-0.4, -0.2) is 13.1 Å². The number of halogens is 1. The van der Waals surface area contributed by atoms with E-state index in [9.17, 15) is 4.79 Å². The predicted molar refractivity (Wildman–Crippen MR) is 55.6 cm³/mol. The van der Waals surface area contributed by atoms with Crippen LogP contribution >= 0.6 is 27.3 Å². The van der Waals surface area contributed by atoms with E-state index < -0.39 is 0 Å². The van der Waals surface area contributed by atoms with Crippen LogP contribution in [0, 0.1) is 0 Å². The van der Waals surface area contributed by atoms with E-state index in [4.69, 9.17) is 5.73 Å². The van der Waals surface area contributed by atoms with E-state index in [1.54, 1.807) is 11.3 Å². The molecule has 3 nitrogen and oxygen atoms in total. The van der Waals surface area contributed by atoms with Crippen LogP contribution in [0.15, 0.2) is 15.2 Å². The molecule has 13 heavy (non-hydrogen) atoms. The fourth-order valence-electron chi connectivity index (χ4n) is 0.929. The van der Waals surface area contributed by atoms with Gasteiger partial charge in [-0.1, -0.05) is 0 Å². The van der Waals surface area contributed by atoms with Crippen molar-refractivity contribution in [3.05, 3.63) is 20.8 Å². The number of rotatable bonds is 3. The third kappa shape index (κ3) is 2.79. The molecular weight excluding hydrogens is 254 g/mol. The standard InChI is InChI=1S/C8H10BrNO2S/c1-12-8(11)2-7(10)5-3-13-4-6(5)9/h3-4,7H,2,10H2,1H3. The molecule has 1 heterocycles. The van der Waals surface area contributed by atoms with E-state index in [-0.39, 0.29) is 18.4 Å². The number of hydrogen-bond acceptors (Lipinski definition) is 4. The topological polar surface area (TPSA) is 52.3 Å². The first-order valence-corrected chi connectivity index (χ1v) is 5.42. The lowest BCUT2D eigenvalue weighted by molar-refractivity contribution is -0.141. The van der Waals surface area contributed by atoms with Crippen molar-refractivity contribution < 1.29 is 9.53 Å². The maximum absolute atomic E-state index is 10.9. The van der Waals surface area contributed by atoms with Crippen LogP contribution in [-0.2, 0) is 9.53 Å². The largest absolute Gasteiger partial charge is 0.469 e. The maximum Gasteiger partial charge on any atom is 0.307 e. The normalized spacial score (nSPS) is 12.5. The summed E-state index contributed by atoms with van der Waals surface area (Å²) in [4.78, 5) is 10.9. The number of esters is 1. The van der Waals surface area contributed by atoms with Crippen molar-refractivity contribution in [2.75, 3.05) is 7.11 Å². The predicted octanol–water partition coefficient (Wildman–Crippen LogP) is 2.07. The van der Waals surface area contributed by atoms with Crippen molar-refractivity contribution in [1.29, 1.82) is 0 Å². The highest BCUT2D eigenvalue weighted by Crippen LogP contribution is 2.27. The summed E-state index contributed by atoms with van der Waals surface area (Å²) in [6, 6.07) is -0.284. The molecule has 1 unspecified atom stereocenters. The fourth-order valence-corrected chi connectivity index (χ4v) is 2.58. The van der Waals surface area contributed by atoms with Gasteiger partial charge in [-0.3, -0.25) is 4.79 Å². The Morgan fingerprint density at radius 1 is 1.77 bits per heavy atom. The van der Waals surface area contributed by atoms with E-state index in [2.05, 4.69) is 20.7 Å². The molecule has 0 spiro atoms. The summed E-state index contributed by atoms with van der Waals surface area (Å²) in [5.41, 5.74) is 6.75. The van der Waals surface area contributed by atoms with Gasteiger partial charge >= 0.3 is 5.97 Å². The van der Waals surface area contributed by atoms with E-state index >= 15 is 0 Å². The van der Waals surface area contributed by atoms with Crippen molar-refractivity contribution in [2.24, 2.45) is 5.73 Å². The molecule has 2 N–H and O–H groups in total. The van der Waals surface area contributed by atoms with Crippen molar-refractivity contribution in [3.8, 4) is 0 Å². The molecule has 0 radical (unpaired) electrons. The lowest BCUT2D eigenvalue weighted by Crippen LogP contribution is -2.15. The Labute approximate surface area is 89.0 Å². The zero-order valence-electron chi connectivity index (χ0n) is 7.12. The summed E-state index contributed by atoms with van der Waals surface area (Å²) in [5, 5.41) is 3.87. The third-order valence-corrected chi connectivity index (χ3v) is 3.41. The quantitative estimate of drug-likeness (QED) is 0.850. The van der Waals surface area contributed by atoms with Crippen molar-refractivity contribution in [3.63, 3.8) is 0 Å². The van der Waals surface area contributed by atoms with E-state index in [1.165, 1.54) is 7.11 Å². The number of ether oxygens (including phenoxy) is 1. The number of methoxy groups -OCH3 is 1. The average molecular weight is 264 g/mol. The van der Waals surface area contributed by atoms with E-state index in [0.717, 1.165) is 10.0 Å². The first-order valence-electron chi connectivity index (χ1n) is 3.69.